The largest absolute Gasteiger partial charge is 0.389 e. The maximum atomic E-state index is 15.1. The Morgan fingerprint density at radius 2 is 2.00 bits per heavy atom. The van der Waals surface area contributed by atoms with Crippen LogP contribution in [-0.2, 0) is 7.05 Å². The maximum absolute atomic E-state index is 15.1. The number of benzene rings is 1. The fraction of sp³-hybridized carbons (Fsp3) is 0.435. The van der Waals surface area contributed by atoms with Crippen LogP contribution in [-0.4, -0.2) is 39.8 Å². The first-order chi connectivity index (χ1) is 16.3. The van der Waals surface area contributed by atoms with Gasteiger partial charge in [0.05, 0.1) is 11.8 Å². The molecule has 34 heavy (non-hydrogen) atoms. The lowest BCUT2D eigenvalue weighted by Gasteiger charge is -2.24. The number of amides is 1. The predicted octanol–water partition coefficient (Wildman–Crippen LogP) is 3.85. The molecular weight excluding hydrogens is 460 g/mol. The van der Waals surface area contributed by atoms with Crippen molar-refractivity contribution in [2.24, 2.45) is 12.8 Å². The van der Waals surface area contributed by atoms with Crippen molar-refractivity contribution in [2.45, 2.75) is 44.1 Å². The summed E-state index contributed by atoms with van der Waals surface area (Å²) < 4.78 is 31.4. The Labute approximate surface area is 199 Å². The minimum absolute atomic E-state index is 0.0491. The number of anilines is 3. The summed E-state index contributed by atoms with van der Waals surface area (Å²) in [6, 6.07) is 2.89. The number of aromatic nitrogens is 3. The number of hydrogen-bond donors (Lipinski definition) is 3. The molecule has 1 aliphatic heterocycles. The summed E-state index contributed by atoms with van der Waals surface area (Å²) in [7, 11) is 1.81. The van der Waals surface area contributed by atoms with Crippen LogP contribution in [0.4, 0.5) is 25.3 Å². The first-order valence-corrected chi connectivity index (χ1v) is 12.2. The molecule has 3 aromatic rings. The second-order valence-corrected chi connectivity index (χ2v) is 10.0. The lowest BCUT2D eigenvalue weighted by molar-refractivity contribution is 0.102. The van der Waals surface area contributed by atoms with Crippen LogP contribution >= 0.6 is 11.3 Å². The third kappa shape index (κ3) is 4.25. The van der Waals surface area contributed by atoms with E-state index in [4.69, 9.17) is 11.5 Å². The van der Waals surface area contributed by atoms with Crippen molar-refractivity contribution in [3.8, 4) is 10.6 Å². The van der Waals surface area contributed by atoms with Crippen LogP contribution in [0.15, 0.2) is 18.3 Å². The SMILES string of the molecule is Cn1ncc(NC(=O)c2nc(-c3c(F)ccc(C4CC4)c3F)sc2N)c1N1CCCC(N)CC1. The zero-order valence-corrected chi connectivity index (χ0v) is 19.7. The molecule has 1 aromatic carbocycles. The topological polar surface area (TPSA) is 115 Å². The maximum Gasteiger partial charge on any atom is 0.277 e. The predicted molar refractivity (Wildman–Crippen MR) is 129 cm³/mol. The number of nitrogens with two attached hydrogens (primary N) is 2. The van der Waals surface area contributed by atoms with E-state index < -0.39 is 17.5 Å². The average molecular weight is 488 g/mol. The Hall–Kier alpha value is -3.05. The van der Waals surface area contributed by atoms with Crippen LogP contribution < -0.4 is 21.7 Å². The van der Waals surface area contributed by atoms with Gasteiger partial charge >= 0.3 is 0 Å². The first kappa shape index (κ1) is 22.7. The molecule has 3 heterocycles. The van der Waals surface area contributed by atoms with E-state index in [2.05, 4.69) is 20.3 Å². The number of nitrogens with one attached hydrogen (secondary N) is 1. The fourth-order valence-corrected chi connectivity index (χ4v) is 5.35. The zero-order valence-electron chi connectivity index (χ0n) is 18.9. The molecule has 1 saturated carbocycles. The third-order valence-electron chi connectivity index (χ3n) is 6.45. The number of thiazole rings is 1. The Balaban J connectivity index is 1.41. The summed E-state index contributed by atoms with van der Waals surface area (Å²) in [4.78, 5) is 19.5. The Bertz CT molecular complexity index is 1240. The van der Waals surface area contributed by atoms with Gasteiger partial charge in [0.1, 0.15) is 27.3 Å². The minimum atomic E-state index is -0.725. The van der Waals surface area contributed by atoms with Crippen LogP contribution in [0.25, 0.3) is 10.6 Å². The molecule has 2 aromatic heterocycles. The molecular formula is C23H27F2N7OS. The van der Waals surface area contributed by atoms with Gasteiger partial charge in [0.25, 0.3) is 5.91 Å². The van der Waals surface area contributed by atoms with Crippen LogP contribution in [0, 0.1) is 11.6 Å². The van der Waals surface area contributed by atoms with Gasteiger partial charge in [0.15, 0.2) is 11.5 Å². The van der Waals surface area contributed by atoms with E-state index in [0.717, 1.165) is 62.3 Å². The molecule has 8 nitrogen and oxygen atoms in total. The molecule has 1 unspecified atom stereocenters. The minimum Gasteiger partial charge on any atom is -0.389 e. The number of rotatable bonds is 5. The average Bonchev–Trinajstić information content (AvgIpc) is 3.51. The summed E-state index contributed by atoms with van der Waals surface area (Å²) in [5.74, 6) is -1.03. The normalized spacial score (nSPS) is 18.7. The van der Waals surface area contributed by atoms with Gasteiger partial charge in [-0.15, -0.1) is 0 Å². The van der Waals surface area contributed by atoms with E-state index in [-0.39, 0.29) is 33.2 Å². The van der Waals surface area contributed by atoms with E-state index in [0.29, 0.717) is 11.3 Å². The van der Waals surface area contributed by atoms with Gasteiger partial charge in [-0.3, -0.25) is 9.48 Å². The summed E-state index contributed by atoms with van der Waals surface area (Å²) in [6.07, 6.45) is 6.07. The van der Waals surface area contributed by atoms with Crippen molar-refractivity contribution >= 4 is 33.8 Å². The summed E-state index contributed by atoms with van der Waals surface area (Å²) in [5.41, 5.74) is 12.9. The molecule has 0 radical (unpaired) electrons. The molecule has 11 heteroatoms. The quantitative estimate of drug-likeness (QED) is 0.504. The third-order valence-corrected chi connectivity index (χ3v) is 7.35. The zero-order chi connectivity index (χ0) is 24.0. The lowest BCUT2D eigenvalue weighted by atomic mass is 10.1. The Morgan fingerprint density at radius 1 is 1.21 bits per heavy atom. The second kappa shape index (κ2) is 8.95. The van der Waals surface area contributed by atoms with Crippen molar-refractivity contribution in [1.82, 2.24) is 14.8 Å². The molecule has 2 fully saturated rings. The van der Waals surface area contributed by atoms with Crippen LogP contribution in [0.5, 0.6) is 0 Å². The lowest BCUT2D eigenvalue weighted by Crippen LogP contribution is -2.29. The number of carbonyl (C=O) groups is 1. The van der Waals surface area contributed by atoms with Gasteiger partial charge in [0.2, 0.25) is 0 Å². The number of hydrogen-bond acceptors (Lipinski definition) is 7. The van der Waals surface area contributed by atoms with Gasteiger partial charge in [0, 0.05) is 26.2 Å². The van der Waals surface area contributed by atoms with Gasteiger partial charge in [-0.1, -0.05) is 17.4 Å². The van der Waals surface area contributed by atoms with E-state index >= 15 is 4.39 Å². The highest BCUT2D eigenvalue weighted by molar-refractivity contribution is 7.19. The van der Waals surface area contributed by atoms with Crippen LogP contribution in [0.1, 0.15) is 54.1 Å². The highest BCUT2D eigenvalue weighted by atomic mass is 32.1. The fourth-order valence-electron chi connectivity index (χ4n) is 4.49. The number of halogens is 2. The summed E-state index contributed by atoms with van der Waals surface area (Å²) >= 11 is 0.897. The molecule has 5 rings (SSSR count). The number of nitrogens with zero attached hydrogens (tertiary/aromatic N) is 4. The Kier molecular flexibility index (Phi) is 5.98. The van der Waals surface area contributed by atoms with Crippen molar-refractivity contribution in [1.29, 1.82) is 0 Å². The summed E-state index contributed by atoms with van der Waals surface area (Å²) in [5, 5.41) is 7.27. The van der Waals surface area contributed by atoms with E-state index in [1.807, 2.05) is 7.05 Å². The molecule has 1 amide bonds. The summed E-state index contributed by atoms with van der Waals surface area (Å²) in [6.45, 7) is 1.55. The van der Waals surface area contributed by atoms with Crippen LogP contribution in [0.2, 0.25) is 0 Å². The van der Waals surface area contributed by atoms with Crippen molar-refractivity contribution in [3.05, 3.63) is 41.2 Å². The number of aryl methyl sites for hydroxylation is 1. The smallest absolute Gasteiger partial charge is 0.277 e. The van der Waals surface area contributed by atoms with Gasteiger partial charge < -0.3 is 21.7 Å². The number of carbonyl (C=O) groups excluding carboxylic acids is 1. The second-order valence-electron chi connectivity index (χ2n) is 8.97. The molecule has 0 spiro atoms. The molecule has 180 valence electrons. The number of nitrogen functional groups attached to an aromatic ring is 1. The first-order valence-electron chi connectivity index (χ1n) is 11.4. The molecule has 5 N–H and O–H groups in total. The van der Waals surface area contributed by atoms with Crippen LogP contribution in [0.3, 0.4) is 0 Å². The monoisotopic (exact) mass is 487 g/mol. The van der Waals surface area contributed by atoms with Crippen molar-refractivity contribution < 1.29 is 13.6 Å². The molecule has 1 aliphatic carbocycles. The molecule has 1 atom stereocenters. The Morgan fingerprint density at radius 3 is 2.76 bits per heavy atom. The van der Waals surface area contributed by atoms with Crippen molar-refractivity contribution in [2.75, 3.05) is 29.0 Å². The van der Waals surface area contributed by atoms with E-state index in [9.17, 15) is 9.18 Å². The highest BCUT2D eigenvalue weighted by Crippen LogP contribution is 2.44. The van der Waals surface area contributed by atoms with E-state index in [1.54, 1.807) is 10.9 Å². The highest BCUT2D eigenvalue weighted by Gasteiger charge is 2.31. The standard InChI is InChI=1S/C23H27F2N7OS/c1-31-23(32-9-2-3-13(26)8-10-32)16(11-28-31)29-21(33)19-20(27)34-22(30-19)17-15(24)7-6-14(18(17)25)12-4-5-12/h6-7,11-13H,2-5,8-10,26-27H2,1H3,(H,29,33). The van der Waals surface area contributed by atoms with Crippen molar-refractivity contribution in [3.63, 3.8) is 0 Å². The van der Waals surface area contributed by atoms with E-state index in [1.165, 1.54) is 12.1 Å². The molecule has 1 saturated heterocycles. The van der Waals surface area contributed by atoms with Gasteiger partial charge in [-0.05, 0) is 49.7 Å². The van der Waals surface area contributed by atoms with Gasteiger partial charge in [-0.25, -0.2) is 13.8 Å². The molecule has 2 aliphatic rings. The van der Waals surface area contributed by atoms with Gasteiger partial charge in [-0.2, -0.15) is 5.10 Å². The molecule has 0 bridgehead atoms.